The number of nitrogens with two attached hydrogens (primary N) is 2. The maximum atomic E-state index is 5.06. The molecule has 0 aromatic rings. The lowest BCUT2D eigenvalue weighted by atomic mass is 10.6. The van der Waals surface area contributed by atoms with Gasteiger partial charge in [-0.1, -0.05) is 6.58 Å². The highest BCUT2D eigenvalue weighted by atomic mass is 16.5. The van der Waals surface area contributed by atoms with E-state index in [-0.39, 0.29) is 5.96 Å². The van der Waals surface area contributed by atoms with Crippen molar-refractivity contribution in [3.05, 3.63) is 12.3 Å². The molecule has 0 unspecified atom stereocenters. The van der Waals surface area contributed by atoms with Crippen LogP contribution in [0.15, 0.2) is 17.3 Å². The van der Waals surface area contributed by atoms with Crippen molar-refractivity contribution in [2.24, 2.45) is 16.5 Å². The van der Waals surface area contributed by atoms with E-state index in [2.05, 4.69) is 11.6 Å². The van der Waals surface area contributed by atoms with Gasteiger partial charge in [0.2, 0.25) is 0 Å². The molecule has 0 aliphatic rings. The molecule has 0 spiro atoms. The summed E-state index contributed by atoms with van der Waals surface area (Å²) in [7, 11) is 0. The number of allylic oxidation sites excluding steroid dienone is 1. The first-order valence-electron chi connectivity index (χ1n) is 2.96. The van der Waals surface area contributed by atoms with Gasteiger partial charge in [0, 0.05) is 0 Å². The molecule has 10 heavy (non-hydrogen) atoms. The van der Waals surface area contributed by atoms with Crippen molar-refractivity contribution in [2.45, 2.75) is 6.92 Å². The Balaban J connectivity index is 3.21. The van der Waals surface area contributed by atoms with Crippen molar-refractivity contribution in [3.8, 4) is 0 Å². The number of hydrogen-bond donors (Lipinski definition) is 2. The van der Waals surface area contributed by atoms with E-state index < -0.39 is 0 Å². The molecule has 0 aliphatic carbocycles. The Morgan fingerprint density at radius 2 is 2.20 bits per heavy atom. The van der Waals surface area contributed by atoms with Gasteiger partial charge in [0.05, 0.1) is 12.3 Å². The summed E-state index contributed by atoms with van der Waals surface area (Å²) in [4.78, 5) is 3.70. The number of ether oxygens (including phenoxy) is 1. The molecular weight excluding hydrogens is 130 g/mol. The van der Waals surface area contributed by atoms with Gasteiger partial charge < -0.3 is 16.2 Å². The molecule has 4 heteroatoms. The largest absolute Gasteiger partial charge is 0.497 e. The summed E-state index contributed by atoms with van der Waals surface area (Å²) in [6.07, 6.45) is 0. The van der Waals surface area contributed by atoms with Crippen molar-refractivity contribution in [1.29, 1.82) is 0 Å². The number of hydrogen-bond acceptors (Lipinski definition) is 2. The number of aliphatic imine (C=N–C) groups is 1. The second-order valence-electron chi connectivity index (χ2n) is 1.86. The third-order valence-corrected chi connectivity index (χ3v) is 0.734. The summed E-state index contributed by atoms with van der Waals surface area (Å²) in [6, 6.07) is 0. The number of nitrogens with zero attached hydrogens (tertiary/aromatic N) is 1. The van der Waals surface area contributed by atoms with Crippen LogP contribution in [0.5, 0.6) is 0 Å². The third kappa shape index (κ3) is 6.81. The van der Waals surface area contributed by atoms with Crippen LogP contribution in [-0.4, -0.2) is 19.1 Å². The van der Waals surface area contributed by atoms with Crippen molar-refractivity contribution < 1.29 is 4.74 Å². The summed E-state index contributed by atoms with van der Waals surface area (Å²) in [6.45, 7) is 6.27. The van der Waals surface area contributed by atoms with E-state index in [0.29, 0.717) is 18.9 Å². The van der Waals surface area contributed by atoms with Crippen LogP contribution in [0, 0.1) is 0 Å². The second kappa shape index (κ2) is 4.67. The summed E-state index contributed by atoms with van der Waals surface area (Å²) in [5.41, 5.74) is 10.1. The Labute approximate surface area is 60.6 Å². The SMILES string of the molecule is C=C(C)OCCN=C(N)N. The molecule has 0 aliphatic heterocycles. The van der Waals surface area contributed by atoms with Crippen LogP contribution < -0.4 is 11.5 Å². The molecule has 0 bridgehead atoms. The molecule has 4 nitrogen and oxygen atoms in total. The first-order chi connectivity index (χ1) is 4.63. The van der Waals surface area contributed by atoms with Gasteiger partial charge >= 0.3 is 0 Å². The molecular formula is C6H13N3O. The standard InChI is InChI=1S/C6H13N3O/c1-5(2)10-4-3-9-6(7)8/h1,3-4H2,2H3,(H4,7,8,9). The molecule has 4 N–H and O–H groups in total. The van der Waals surface area contributed by atoms with Gasteiger partial charge in [-0.15, -0.1) is 0 Å². The van der Waals surface area contributed by atoms with Gasteiger partial charge in [0.1, 0.15) is 6.61 Å². The summed E-state index contributed by atoms with van der Waals surface area (Å²) < 4.78 is 4.98. The smallest absolute Gasteiger partial charge is 0.186 e. The van der Waals surface area contributed by atoms with E-state index in [4.69, 9.17) is 16.2 Å². The Hall–Kier alpha value is -1.19. The van der Waals surface area contributed by atoms with Gasteiger partial charge in [0.25, 0.3) is 0 Å². The van der Waals surface area contributed by atoms with Gasteiger partial charge in [-0.2, -0.15) is 0 Å². The molecule has 0 radical (unpaired) electrons. The van der Waals surface area contributed by atoms with Crippen LogP contribution in [0.1, 0.15) is 6.92 Å². The average molecular weight is 143 g/mol. The predicted molar refractivity (Wildman–Crippen MR) is 41.4 cm³/mol. The zero-order valence-electron chi connectivity index (χ0n) is 6.13. The third-order valence-electron chi connectivity index (χ3n) is 0.734. The van der Waals surface area contributed by atoms with Crippen LogP contribution >= 0.6 is 0 Å². The molecule has 0 heterocycles. The van der Waals surface area contributed by atoms with Crippen molar-refractivity contribution in [3.63, 3.8) is 0 Å². The van der Waals surface area contributed by atoms with Crippen molar-refractivity contribution >= 4 is 5.96 Å². The maximum absolute atomic E-state index is 5.06. The van der Waals surface area contributed by atoms with E-state index in [1.165, 1.54) is 0 Å². The fourth-order valence-corrected chi connectivity index (χ4v) is 0.395. The average Bonchev–Trinajstić information content (AvgIpc) is 1.79. The first kappa shape index (κ1) is 8.81. The lowest BCUT2D eigenvalue weighted by Gasteiger charge is -2.00. The Bertz CT molecular complexity index is 138. The maximum Gasteiger partial charge on any atom is 0.186 e. The van der Waals surface area contributed by atoms with Crippen LogP contribution in [-0.2, 0) is 4.74 Å². The van der Waals surface area contributed by atoms with E-state index in [0.717, 1.165) is 0 Å². The van der Waals surface area contributed by atoms with Gasteiger partial charge in [-0.25, -0.2) is 0 Å². The molecule has 58 valence electrons. The monoisotopic (exact) mass is 143 g/mol. The molecule has 0 aromatic carbocycles. The lowest BCUT2D eigenvalue weighted by Crippen LogP contribution is -2.23. The predicted octanol–water partition coefficient (Wildman–Crippen LogP) is -0.190. The van der Waals surface area contributed by atoms with E-state index in [1.807, 2.05) is 0 Å². The van der Waals surface area contributed by atoms with Gasteiger partial charge in [-0.05, 0) is 6.92 Å². The Morgan fingerprint density at radius 1 is 1.60 bits per heavy atom. The molecule has 0 aromatic heterocycles. The molecule has 0 amide bonds. The summed E-state index contributed by atoms with van der Waals surface area (Å²) in [5.74, 6) is 0.760. The minimum absolute atomic E-state index is 0.0883. The first-order valence-corrected chi connectivity index (χ1v) is 2.96. The second-order valence-corrected chi connectivity index (χ2v) is 1.86. The van der Waals surface area contributed by atoms with E-state index >= 15 is 0 Å². The van der Waals surface area contributed by atoms with Gasteiger partial charge in [-0.3, -0.25) is 4.99 Å². The molecule has 0 fully saturated rings. The highest BCUT2D eigenvalue weighted by Gasteiger charge is 1.84. The Kier molecular flexibility index (Phi) is 4.11. The highest BCUT2D eigenvalue weighted by Crippen LogP contribution is 1.87. The number of guanidine groups is 1. The summed E-state index contributed by atoms with van der Waals surface area (Å²) >= 11 is 0. The van der Waals surface area contributed by atoms with Crippen LogP contribution in [0.3, 0.4) is 0 Å². The zero-order chi connectivity index (χ0) is 7.98. The summed E-state index contributed by atoms with van der Waals surface area (Å²) in [5, 5.41) is 0. The Morgan fingerprint density at radius 3 is 2.60 bits per heavy atom. The topological polar surface area (TPSA) is 73.6 Å². The van der Waals surface area contributed by atoms with Crippen LogP contribution in [0.2, 0.25) is 0 Å². The highest BCUT2D eigenvalue weighted by molar-refractivity contribution is 5.75. The number of rotatable bonds is 4. The van der Waals surface area contributed by atoms with Crippen molar-refractivity contribution in [2.75, 3.05) is 13.2 Å². The minimum atomic E-state index is 0.0883. The van der Waals surface area contributed by atoms with Gasteiger partial charge in [0.15, 0.2) is 5.96 Å². The minimum Gasteiger partial charge on any atom is -0.497 e. The van der Waals surface area contributed by atoms with Crippen LogP contribution in [0.25, 0.3) is 0 Å². The van der Waals surface area contributed by atoms with E-state index in [9.17, 15) is 0 Å². The zero-order valence-corrected chi connectivity index (χ0v) is 6.13. The molecule has 0 saturated carbocycles. The van der Waals surface area contributed by atoms with Crippen LogP contribution in [0.4, 0.5) is 0 Å². The van der Waals surface area contributed by atoms with E-state index in [1.54, 1.807) is 6.92 Å². The lowest BCUT2D eigenvalue weighted by molar-refractivity contribution is 0.225. The fourth-order valence-electron chi connectivity index (χ4n) is 0.395. The molecule has 0 rings (SSSR count). The quantitative estimate of drug-likeness (QED) is 0.248. The molecule has 0 atom stereocenters. The molecule has 0 saturated heterocycles. The normalized spacial score (nSPS) is 8.50. The van der Waals surface area contributed by atoms with Crippen molar-refractivity contribution in [1.82, 2.24) is 0 Å². The fraction of sp³-hybridized carbons (Fsp3) is 0.500.